The normalized spacial score (nSPS) is 13.6. The molecule has 0 heterocycles. The van der Waals surface area contributed by atoms with Gasteiger partial charge in [-0.3, -0.25) is 14.4 Å². The monoisotopic (exact) mass is 780 g/mol. The molecule has 0 aliphatic heterocycles. The third-order valence-electron chi connectivity index (χ3n) is 10.9. The zero-order chi connectivity index (χ0) is 40.5. The predicted octanol–water partition coefficient (Wildman–Crippen LogP) is 8.21. The molecular weight excluding hydrogens is 717 g/mol. The summed E-state index contributed by atoms with van der Waals surface area (Å²) < 4.78 is 0. The minimum absolute atomic E-state index is 0.113. The minimum Gasteiger partial charge on any atom is -0.390 e. The molecular formula is C47H64N4O4S. The van der Waals surface area contributed by atoms with E-state index in [9.17, 15) is 19.5 Å². The molecule has 0 fully saturated rings. The lowest BCUT2D eigenvalue weighted by molar-refractivity contribution is -0.132. The molecule has 4 aromatic rings. The van der Waals surface area contributed by atoms with Gasteiger partial charge in [-0.15, -0.1) is 0 Å². The van der Waals surface area contributed by atoms with Gasteiger partial charge in [-0.25, -0.2) is 0 Å². The molecule has 8 nitrogen and oxygen atoms in total. The van der Waals surface area contributed by atoms with Gasteiger partial charge in [0, 0.05) is 19.5 Å². The highest BCUT2D eigenvalue weighted by Crippen LogP contribution is 2.27. The Morgan fingerprint density at radius 2 is 1.30 bits per heavy atom. The van der Waals surface area contributed by atoms with Crippen molar-refractivity contribution in [3.8, 4) is 0 Å². The summed E-state index contributed by atoms with van der Waals surface area (Å²) in [6, 6.07) is 27.4. The molecule has 5 N–H and O–H groups in total. The molecule has 4 aromatic carbocycles. The first kappa shape index (κ1) is 44.4. The van der Waals surface area contributed by atoms with E-state index in [4.69, 9.17) is 12.2 Å². The smallest absolute Gasteiger partial charge is 0.242 e. The van der Waals surface area contributed by atoms with Crippen molar-refractivity contribution in [2.75, 3.05) is 13.6 Å². The van der Waals surface area contributed by atoms with Gasteiger partial charge in [0.05, 0.1) is 23.6 Å². The highest BCUT2D eigenvalue weighted by Gasteiger charge is 2.31. The van der Waals surface area contributed by atoms with Crippen LogP contribution in [0.25, 0.3) is 21.5 Å². The van der Waals surface area contributed by atoms with Gasteiger partial charge in [-0.1, -0.05) is 151 Å². The van der Waals surface area contributed by atoms with Crippen LogP contribution < -0.4 is 21.3 Å². The van der Waals surface area contributed by atoms with Crippen LogP contribution in [0.2, 0.25) is 0 Å². The van der Waals surface area contributed by atoms with E-state index in [0.717, 1.165) is 76.2 Å². The van der Waals surface area contributed by atoms with Crippen LogP contribution in [0.15, 0.2) is 84.9 Å². The van der Waals surface area contributed by atoms with Crippen molar-refractivity contribution < 1.29 is 19.5 Å². The van der Waals surface area contributed by atoms with Crippen molar-refractivity contribution in [2.45, 2.75) is 117 Å². The average molecular weight is 781 g/mol. The summed E-state index contributed by atoms with van der Waals surface area (Å²) in [4.78, 5) is 42.6. The molecule has 3 amide bonds. The quantitative estimate of drug-likeness (QED) is 0.0383. The number of carbonyl (C=O) groups excluding carboxylic acids is 3. The topological polar surface area (TPSA) is 120 Å². The predicted molar refractivity (Wildman–Crippen MR) is 235 cm³/mol. The largest absolute Gasteiger partial charge is 0.390 e. The van der Waals surface area contributed by atoms with E-state index < -0.39 is 24.1 Å². The lowest BCUT2D eigenvalue weighted by Crippen LogP contribution is -2.54. The Bertz CT molecular complexity index is 1790. The van der Waals surface area contributed by atoms with Gasteiger partial charge in [0.2, 0.25) is 17.7 Å². The fraction of sp³-hybridized carbons (Fsp3) is 0.489. The van der Waals surface area contributed by atoms with Crippen LogP contribution >= 0.6 is 12.2 Å². The van der Waals surface area contributed by atoms with Crippen molar-refractivity contribution in [1.82, 2.24) is 21.3 Å². The zero-order valence-electron chi connectivity index (χ0n) is 34.1. The maximum Gasteiger partial charge on any atom is 0.242 e. The molecule has 302 valence electrons. The molecule has 4 rings (SSSR count). The Labute approximate surface area is 340 Å². The van der Waals surface area contributed by atoms with Gasteiger partial charge in [0.25, 0.3) is 0 Å². The summed E-state index contributed by atoms with van der Waals surface area (Å²) in [5, 5.41) is 28.0. The van der Waals surface area contributed by atoms with Gasteiger partial charge in [0.15, 0.2) is 0 Å². The van der Waals surface area contributed by atoms with Gasteiger partial charge < -0.3 is 26.4 Å². The van der Waals surface area contributed by atoms with Crippen LogP contribution in [0.5, 0.6) is 0 Å². The first-order valence-electron chi connectivity index (χ1n) is 20.7. The van der Waals surface area contributed by atoms with Crippen LogP contribution in [-0.2, 0) is 27.2 Å². The van der Waals surface area contributed by atoms with E-state index in [1.54, 1.807) is 0 Å². The van der Waals surface area contributed by atoms with E-state index in [0.29, 0.717) is 38.1 Å². The summed E-state index contributed by atoms with van der Waals surface area (Å²) in [5.74, 6) is -0.745. The van der Waals surface area contributed by atoms with Crippen molar-refractivity contribution in [3.63, 3.8) is 0 Å². The van der Waals surface area contributed by atoms with Gasteiger partial charge >= 0.3 is 0 Å². The second kappa shape index (κ2) is 23.0. The number of nitrogens with one attached hydrogen (secondary N) is 4. The Kier molecular flexibility index (Phi) is 18.2. The summed E-state index contributed by atoms with van der Waals surface area (Å²) in [7, 11) is 1.84. The average Bonchev–Trinajstić information content (AvgIpc) is 3.19. The number of hydrogen-bond donors (Lipinski definition) is 5. The Balaban J connectivity index is 1.59. The first-order chi connectivity index (χ1) is 27.0. The Morgan fingerprint density at radius 1 is 0.732 bits per heavy atom. The first-order valence-corrected chi connectivity index (χ1v) is 21.1. The lowest BCUT2D eigenvalue weighted by Gasteiger charge is -2.29. The van der Waals surface area contributed by atoms with E-state index in [2.05, 4.69) is 83.6 Å². The Hall–Kier alpha value is -4.34. The number of hydrogen-bond acceptors (Lipinski definition) is 5. The zero-order valence-corrected chi connectivity index (χ0v) is 34.9. The SMILES string of the molecule is CCC(C)CNC(=O)C[C@H](O)[C@H](CC(C)C)NC(=O)[C@H](CCCCCCC(=S)NC)NC(=O)C(Cc1cccc2ccccc12)Cc1cccc2ccccc12. The molecule has 0 radical (unpaired) electrons. The second-order valence-electron chi connectivity index (χ2n) is 15.9. The van der Waals surface area contributed by atoms with E-state index in [1.807, 2.05) is 57.3 Å². The number of aliphatic hydroxyl groups is 1. The highest BCUT2D eigenvalue weighted by atomic mass is 32.1. The minimum atomic E-state index is -1.07. The van der Waals surface area contributed by atoms with Crippen molar-refractivity contribution >= 4 is 56.5 Å². The van der Waals surface area contributed by atoms with Crippen LogP contribution in [0.4, 0.5) is 0 Å². The van der Waals surface area contributed by atoms with Crippen molar-refractivity contribution in [2.24, 2.45) is 17.8 Å². The number of amides is 3. The number of fused-ring (bicyclic) bond motifs is 2. The van der Waals surface area contributed by atoms with Gasteiger partial charge in [-0.2, -0.15) is 0 Å². The maximum absolute atomic E-state index is 14.7. The van der Waals surface area contributed by atoms with E-state index in [-0.39, 0.29) is 30.1 Å². The third kappa shape index (κ3) is 14.0. The second-order valence-corrected chi connectivity index (χ2v) is 16.4. The fourth-order valence-electron chi connectivity index (χ4n) is 7.34. The number of rotatable bonds is 23. The van der Waals surface area contributed by atoms with Crippen LogP contribution in [0.1, 0.15) is 96.6 Å². The molecule has 0 saturated heterocycles. The third-order valence-corrected chi connectivity index (χ3v) is 11.3. The molecule has 1 unspecified atom stereocenters. The highest BCUT2D eigenvalue weighted by molar-refractivity contribution is 7.80. The van der Waals surface area contributed by atoms with Gasteiger partial charge in [-0.05, 0) is 83.0 Å². The van der Waals surface area contributed by atoms with Crippen molar-refractivity contribution in [1.29, 1.82) is 0 Å². The Morgan fingerprint density at radius 3 is 1.88 bits per heavy atom. The maximum atomic E-state index is 14.7. The summed E-state index contributed by atoms with van der Waals surface area (Å²) in [6.07, 6.45) is 6.02. The van der Waals surface area contributed by atoms with Gasteiger partial charge in [0.1, 0.15) is 6.04 Å². The molecule has 0 aromatic heterocycles. The summed E-state index contributed by atoms with van der Waals surface area (Å²) in [5.41, 5.74) is 2.16. The van der Waals surface area contributed by atoms with Crippen molar-refractivity contribution in [3.05, 3.63) is 96.1 Å². The molecule has 0 spiro atoms. The lowest BCUT2D eigenvalue weighted by atomic mass is 9.87. The standard InChI is InChI=1S/C47H64N4O4S/c1-6-33(4)31-49-44(53)30-43(52)42(27-32(2)3)51-47(55)41(25-9-7-8-10-26-45(56)48-5)50-46(54)38(28-36-21-15-19-34-17-11-13-23-39(34)36)29-37-22-16-20-35-18-12-14-24-40(35)37/h11-24,32-33,38,41-43,52H,6-10,25-31H2,1-5H3,(H,48,56)(H,49,53)(H,50,54)(H,51,55)/t33?,41-,42-,43-/m0/s1. The number of benzene rings is 4. The molecule has 4 atom stereocenters. The molecule has 0 bridgehead atoms. The summed E-state index contributed by atoms with van der Waals surface area (Å²) in [6.45, 7) is 8.73. The fourth-order valence-corrected chi connectivity index (χ4v) is 7.48. The van der Waals surface area contributed by atoms with E-state index in [1.165, 1.54) is 0 Å². The number of thiocarbonyl (C=S) groups is 1. The van der Waals surface area contributed by atoms with Crippen LogP contribution in [-0.4, -0.2) is 59.6 Å². The molecule has 0 aliphatic rings. The molecule has 0 aliphatic carbocycles. The molecule has 9 heteroatoms. The van der Waals surface area contributed by atoms with Crippen LogP contribution in [0.3, 0.4) is 0 Å². The number of aliphatic hydroxyl groups excluding tert-OH is 1. The molecule has 56 heavy (non-hydrogen) atoms. The molecule has 0 saturated carbocycles. The van der Waals surface area contributed by atoms with Crippen LogP contribution in [0, 0.1) is 17.8 Å². The summed E-state index contributed by atoms with van der Waals surface area (Å²) >= 11 is 5.32. The number of carbonyl (C=O) groups is 3. The van der Waals surface area contributed by atoms with E-state index >= 15 is 0 Å². The number of unbranched alkanes of at least 4 members (excludes halogenated alkanes) is 3.